The topological polar surface area (TPSA) is 0 Å². The standard InChI is InChI=1S/C9H8F2/c10-8-5-6-3-1-2-4-7(6)9(8)11/h1-4,8-9H,5H2. The summed E-state index contributed by atoms with van der Waals surface area (Å²) in [6.07, 6.45) is -2.49. The van der Waals surface area contributed by atoms with Gasteiger partial charge in [-0.05, 0) is 11.1 Å². The number of alkyl halides is 2. The molecular weight excluding hydrogens is 146 g/mol. The summed E-state index contributed by atoms with van der Waals surface area (Å²) in [7, 11) is 0. The van der Waals surface area contributed by atoms with Gasteiger partial charge in [-0.3, -0.25) is 0 Å². The molecule has 0 nitrogen and oxygen atoms in total. The van der Waals surface area contributed by atoms with E-state index in [0.29, 0.717) is 5.56 Å². The van der Waals surface area contributed by atoms with Gasteiger partial charge in [-0.15, -0.1) is 0 Å². The van der Waals surface area contributed by atoms with Gasteiger partial charge < -0.3 is 0 Å². The Labute approximate surface area is 63.9 Å². The van der Waals surface area contributed by atoms with E-state index < -0.39 is 12.3 Å². The lowest BCUT2D eigenvalue weighted by molar-refractivity contribution is 0.187. The van der Waals surface area contributed by atoms with Crippen LogP contribution < -0.4 is 0 Å². The smallest absolute Gasteiger partial charge is 0.157 e. The zero-order chi connectivity index (χ0) is 7.84. The lowest BCUT2D eigenvalue weighted by Crippen LogP contribution is -2.01. The first-order valence-corrected chi connectivity index (χ1v) is 3.65. The molecule has 0 spiro atoms. The zero-order valence-electron chi connectivity index (χ0n) is 5.93. The Hall–Kier alpha value is -0.920. The Balaban J connectivity index is 2.47. The number of hydrogen-bond donors (Lipinski definition) is 0. The molecular formula is C9H8F2. The monoisotopic (exact) mass is 154 g/mol. The van der Waals surface area contributed by atoms with Crippen molar-refractivity contribution >= 4 is 0 Å². The van der Waals surface area contributed by atoms with Crippen LogP contribution in [0, 0.1) is 0 Å². The van der Waals surface area contributed by atoms with Crippen LogP contribution in [0.1, 0.15) is 17.3 Å². The number of halogens is 2. The van der Waals surface area contributed by atoms with Crippen molar-refractivity contribution in [2.24, 2.45) is 0 Å². The van der Waals surface area contributed by atoms with E-state index in [9.17, 15) is 8.78 Å². The van der Waals surface area contributed by atoms with Gasteiger partial charge in [0.1, 0.15) is 6.17 Å². The van der Waals surface area contributed by atoms with Crippen LogP contribution in [0.2, 0.25) is 0 Å². The molecule has 0 saturated heterocycles. The molecule has 0 saturated carbocycles. The van der Waals surface area contributed by atoms with Crippen molar-refractivity contribution in [1.29, 1.82) is 0 Å². The number of hydrogen-bond acceptors (Lipinski definition) is 0. The van der Waals surface area contributed by atoms with E-state index in [0.717, 1.165) is 5.56 Å². The summed E-state index contributed by atoms with van der Waals surface area (Å²) < 4.78 is 25.7. The van der Waals surface area contributed by atoms with Crippen molar-refractivity contribution in [1.82, 2.24) is 0 Å². The van der Waals surface area contributed by atoms with Crippen molar-refractivity contribution in [3.05, 3.63) is 35.4 Å². The highest BCUT2D eigenvalue weighted by Crippen LogP contribution is 2.35. The van der Waals surface area contributed by atoms with Gasteiger partial charge >= 0.3 is 0 Å². The minimum atomic E-state index is -1.40. The minimum absolute atomic E-state index is 0.233. The molecule has 11 heavy (non-hydrogen) atoms. The third kappa shape index (κ3) is 0.934. The van der Waals surface area contributed by atoms with E-state index in [1.54, 1.807) is 18.2 Å². The molecule has 1 aliphatic carbocycles. The fourth-order valence-electron chi connectivity index (χ4n) is 1.50. The summed E-state index contributed by atoms with van der Waals surface area (Å²) in [6.45, 7) is 0. The minimum Gasteiger partial charge on any atom is -0.244 e. The highest BCUT2D eigenvalue weighted by molar-refractivity contribution is 5.35. The Morgan fingerprint density at radius 2 is 1.91 bits per heavy atom. The number of fused-ring (bicyclic) bond motifs is 1. The highest BCUT2D eigenvalue weighted by Gasteiger charge is 2.31. The van der Waals surface area contributed by atoms with Crippen LogP contribution in [-0.2, 0) is 6.42 Å². The van der Waals surface area contributed by atoms with Gasteiger partial charge in [-0.2, -0.15) is 0 Å². The normalized spacial score (nSPS) is 28.5. The van der Waals surface area contributed by atoms with Crippen molar-refractivity contribution in [2.45, 2.75) is 18.8 Å². The van der Waals surface area contributed by atoms with Gasteiger partial charge in [0.2, 0.25) is 0 Å². The molecule has 0 aromatic heterocycles. The van der Waals surface area contributed by atoms with Crippen LogP contribution in [0.15, 0.2) is 24.3 Å². The molecule has 2 rings (SSSR count). The summed E-state index contributed by atoms with van der Waals surface area (Å²) >= 11 is 0. The Kier molecular flexibility index (Phi) is 1.41. The Bertz CT molecular complexity index is 270. The fraction of sp³-hybridized carbons (Fsp3) is 0.333. The van der Waals surface area contributed by atoms with Crippen LogP contribution in [0.5, 0.6) is 0 Å². The third-order valence-corrected chi connectivity index (χ3v) is 2.08. The van der Waals surface area contributed by atoms with Gasteiger partial charge in [0.15, 0.2) is 6.17 Å². The number of benzene rings is 1. The molecule has 0 heterocycles. The van der Waals surface area contributed by atoms with Crippen molar-refractivity contribution < 1.29 is 8.78 Å². The predicted octanol–water partition coefficient (Wildman–Crippen LogP) is 2.59. The van der Waals surface area contributed by atoms with Gasteiger partial charge in [0.05, 0.1) is 0 Å². The molecule has 0 aliphatic heterocycles. The summed E-state index contributed by atoms with van der Waals surface area (Å²) in [5, 5.41) is 0. The lowest BCUT2D eigenvalue weighted by atomic mass is 10.1. The average molecular weight is 154 g/mol. The van der Waals surface area contributed by atoms with Gasteiger partial charge in [-0.1, -0.05) is 24.3 Å². The Morgan fingerprint density at radius 1 is 1.18 bits per heavy atom. The van der Waals surface area contributed by atoms with E-state index >= 15 is 0 Å². The molecule has 1 aromatic rings. The van der Waals surface area contributed by atoms with E-state index in [1.807, 2.05) is 6.07 Å². The Morgan fingerprint density at radius 3 is 2.64 bits per heavy atom. The van der Waals surface area contributed by atoms with E-state index in [1.165, 1.54) is 0 Å². The lowest BCUT2D eigenvalue weighted by Gasteiger charge is -2.00. The SMILES string of the molecule is FC1Cc2ccccc2C1F. The molecule has 0 amide bonds. The van der Waals surface area contributed by atoms with E-state index in [-0.39, 0.29) is 6.42 Å². The largest absolute Gasteiger partial charge is 0.244 e. The first-order valence-electron chi connectivity index (χ1n) is 3.65. The molecule has 0 radical (unpaired) electrons. The quantitative estimate of drug-likeness (QED) is 0.538. The molecule has 0 N–H and O–H groups in total. The fourth-order valence-corrected chi connectivity index (χ4v) is 1.50. The van der Waals surface area contributed by atoms with E-state index in [2.05, 4.69) is 0 Å². The molecule has 2 unspecified atom stereocenters. The maximum Gasteiger partial charge on any atom is 0.157 e. The second-order valence-corrected chi connectivity index (χ2v) is 2.82. The van der Waals surface area contributed by atoms with E-state index in [4.69, 9.17) is 0 Å². The van der Waals surface area contributed by atoms with Gasteiger partial charge in [0.25, 0.3) is 0 Å². The van der Waals surface area contributed by atoms with Crippen LogP contribution in [0.25, 0.3) is 0 Å². The molecule has 1 aromatic carbocycles. The molecule has 58 valence electrons. The summed E-state index contributed by atoms with van der Waals surface area (Å²) in [4.78, 5) is 0. The molecule has 1 aliphatic rings. The van der Waals surface area contributed by atoms with Gasteiger partial charge in [0, 0.05) is 6.42 Å². The van der Waals surface area contributed by atoms with Crippen molar-refractivity contribution in [2.75, 3.05) is 0 Å². The molecule has 0 bridgehead atoms. The summed E-state index contributed by atoms with van der Waals surface area (Å²) in [6, 6.07) is 6.98. The zero-order valence-corrected chi connectivity index (χ0v) is 5.93. The summed E-state index contributed by atoms with van der Waals surface area (Å²) in [5.41, 5.74) is 1.34. The van der Waals surface area contributed by atoms with Crippen molar-refractivity contribution in [3.8, 4) is 0 Å². The average Bonchev–Trinajstić information content (AvgIpc) is 2.30. The molecule has 2 heteroatoms. The maximum absolute atomic E-state index is 12.9. The van der Waals surface area contributed by atoms with Crippen LogP contribution in [0.4, 0.5) is 8.78 Å². The first-order chi connectivity index (χ1) is 5.29. The van der Waals surface area contributed by atoms with Crippen LogP contribution in [-0.4, -0.2) is 6.17 Å². The predicted molar refractivity (Wildman–Crippen MR) is 38.9 cm³/mol. The maximum atomic E-state index is 12.9. The number of rotatable bonds is 0. The second kappa shape index (κ2) is 2.29. The third-order valence-electron chi connectivity index (χ3n) is 2.08. The van der Waals surface area contributed by atoms with Crippen molar-refractivity contribution in [3.63, 3.8) is 0 Å². The highest BCUT2D eigenvalue weighted by atomic mass is 19.2. The molecule has 0 fully saturated rings. The van der Waals surface area contributed by atoms with Crippen LogP contribution in [0.3, 0.4) is 0 Å². The second-order valence-electron chi connectivity index (χ2n) is 2.82. The first kappa shape index (κ1) is 6.77. The summed E-state index contributed by atoms with van der Waals surface area (Å²) in [5.74, 6) is 0. The van der Waals surface area contributed by atoms with Crippen LogP contribution >= 0.6 is 0 Å². The van der Waals surface area contributed by atoms with Gasteiger partial charge in [-0.25, -0.2) is 8.78 Å². The molecule has 2 atom stereocenters.